The van der Waals surface area contributed by atoms with Crippen molar-refractivity contribution in [1.82, 2.24) is 4.98 Å². The average molecular weight is 290 g/mol. The molecule has 0 spiro atoms. The Morgan fingerprint density at radius 1 is 1.38 bits per heavy atom. The molecule has 21 heavy (non-hydrogen) atoms. The molecule has 2 rings (SSSR count). The van der Waals surface area contributed by atoms with E-state index in [1.54, 1.807) is 18.2 Å². The fourth-order valence-corrected chi connectivity index (χ4v) is 1.86. The van der Waals surface area contributed by atoms with Gasteiger partial charge in [-0.05, 0) is 12.1 Å². The Morgan fingerprint density at radius 3 is 2.86 bits per heavy atom. The summed E-state index contributed by atoms with van der Waals surface area (Å²) in [6.45, 7) is 4.32. The molecule has 1 aromatic carbocycles. The number of amides is 1. The van der Waals surface area contributed by atoms with E-state index in [-0.39, 0.29) is 12.5 Å². The first-order valence-electron chi connectivity index (χ1n) is 6.61. The normalized spacial score (nSPS) is 10.5. The van der Waals surface area contributed by atoms with Gasteiger partial charge >= 0.3 is 6.09 Å². The summed E-state index contributed by atoms with van der Waals surface area (Å²) in [4.78, 5) is 15.4. The summed E-state index contributed by atoms with van der Waals surface area (Å²) < 4.78 is 15.6. The van der Waals surface area contributed by atoms with E-state index >= 15 is 0 Å². The van der Waals surface area contributed by atoms with Gasteiger partial charge in [0.05, 0.1) is 12.8 Å². The molecule has 2 aromatic rings. The van der Waals surface area contributed by atoms with Gasteiger partial charge in [0.15, 0.2) is 6.39 Å². The zero-order valence-electron chi connectivity index (χ0n) is 12.3. The molecule has 112 valence electrons. The van der Waals surface area contributed by atoms with Crippen molar-refractivity contribution in [3.05, 3.63) is 42.1 Å². The van der Waals surface area contributed by atoms with Crippen molar-refractivity contribution in [2.45, 2.75) is 26.4 Å². The topological polar surface area (TPSA) is 73.6 Å². The Bertz CT molecular complexity index is 607. The summed E-state index contributed by atoms with van der Waals surface area (Å²) in [5.41, 5.74) is 1.29. The Kier molecular flexibility index (Phi) is 4.81. The number of carbonyl (C=O) groups is 1. The van der Waals surface area contributed by atoms with Crippen LogP contribution in [0, 0.1) is 0 Å². The third kappa shape index (κ3) is 3.75. The van der Waals surface area contributed by atoms with Crippen LogP contribution < -0.4 is 10.1 Å². The van der Waals surface area contributed by atoms with Gasteiger partial charge in [-0.15, -0.1) is 0 Å². The summed E-state index contributed by atoms with van der Waals surface area (Å²) in [6, 6.07) is 7.12. The molecule has 0 aliphatic heterocycles. The fraction of sp³-hybridized carbons (Fsp3) is 0.333. The SMILES string of the molecule is COC(=O)Nc1ccccc1OCc1ncoc1C(C)C. The summed E-state index contributed by atoms with van der Waals surface area (Å²) in [5.74, 6) is 1.57. The molecule has 1 heterocycles. The Hall–Kier alpha value is -2.50. The van der Waals surface area contributed by atoms with Crippen LogP contribution in [0.3, 0.4) is 0 Å². The zero-order chi connectivity index (χ0) is 15.2. The number of para-hydroxylation sites is 2. The molecule has 0 unspecified atom stereocenters. The highest BCUT2D eigenvalue weighted by Gasteiger charge is 2.14. The lowest BCUT2D eigenvalue weighted by Crippen LogP contribution is -2.12. The zero-order valence-corrected chi connectivity index (χ0v) is 12.3. The van der Waals surface area contributed by atoms with Crippen molar-refractivity contribution < 1.29 is 18.7 Å². The molecule has 0 aliphatic carbocycles. The first-order chi connectivity index (χ1) is 10.1. The largest absolute Gasteiger partial charge is 0.485 e. The quantitative estimate of drug-likeness (QED) is 0.911. The highest BCUT2D eigenvalue weighted by molar-refractivity contribution is 5.86. The molecule has 6 nitrogen and oxygen atoms in total. The first-order valence-corrected chi connectivity index (χ1v) is 6.61. The lowest BCUT2D eigenvalue weighted by molar-refractivity contribution is 0.186. The number of carbonyl (C=O) groups excluding carboxylic acids is 1. The van der Waals surface area contributed by atoms with Crippen LogP contribution in [0.15, 0.2) is 35.1 Å². The first kappa shape index (κ1) is 14.9. The third-order valence-corrected chi connectivity index (χ3v) is 2.87. The number of hydrogen-bond donors (Lipinski definition) is 1. The van der Waals surface area contributed by atoms with Crippen LogP contribution in [-0.2, 0) is 11.3 Å². The van der Waals surface area contributed by atoms with E-state index in [0.29, 0.717) is 11.4 Å². The summed E-state index contributed by atoms with van der Waals surface area (Å²) in [6.07, 6.45) is 0.863. The van der Waals surface area contributed by atoms with Crippen LogP contribution >= 0.6 is 0 Å². The predicted octanol–water partition coefficient (Wildman–Crippen LogP) is 3.56. The summed E-state index contributed by atoms with van der Waals surface area (Å²) in [7, 11) is 1.31. The fourth-order valence-electron chi connectivity index (χ4n) is 1.86. The van der Waals surface area contributed by atoms with Gasteiger partial charge in [-0.25, -0.2) is 9.78 Å². The second-order valence-electron chi connectivity index (χ2n) is 4.72. The van der Waals surface area contributed by atoms with E-state index in [2.05, 4.69) is 15.0 Å². The molecule has 0 saturated carbocycles. The summed E-state index contributed by atoms with van der Waals surface area (Å²) >= 11 is 0. The van der Waals surface area contributed by atoms with Gasteiger partial charge in [0, 0.05) is 5.92 Å². The number of hydrogen-bond acceptors (Lipinski definition) is 5. The van der Waals surface area contributed by atoms with Crippen LogP contribution in [0.4, 0.5) is 10.5 Å². The maximum absolute atomic E-state index is 11.3. The maximum atomic E-state index is 11.3. The molecule has 6 heteroatoms. The Balaban J connectivity index is 2.09. The lowest BCUT2D eigenvalue weighted by atomic mass is 10.1. The molecular formula is C15H18N2O4. The van der Waals surface area contributed by atoms with Gasteiger partial charge in [-0.3, -0.25) is 5.32 Å². The molecule has 0 fully saturated rings. The van der Waals surface area contributed by atoms with Crippen molar-refractivity contribution in [2.75, 3.05) is 12.4 Å². The van der Waals surface area contributed by atoms with Gasteiger partial charge < -0.3 is 13.9 Å². The molecule has 1 amide bonds. The molecule has 1 aromatic heterocycles. The van der Waals surface area contributed by atoms with E-state index in [0.717, 1.165) is 11.5 Å². The van der Waals surface area contributed by atoms with E-state index in [4.69, 9.17) is 9.15 Å². The molecule has 0 atom stereocenters. The van der Waals surface area contributed by atoms with Gasteiger partial charge in [-0.1, -0.05) is 26.0 Å². The van der Waals surface area contributed by atoms with Crippen molar-refractivity contribution in [1.29, 1.82) is 0 Å². The minimum atomic E-state index is -0.546. The predicted molar refractivity (Wildman–Crippen MR) is 77.4 cm³/mol. The van der Waals surface area contributed by atoms with Gasteiger partial charge in [0.1, 0.15) is 23.8 Å². The third-order valence-electron chi connectivity index (χ3n) is 2.87. The number of nitrogens with zero attached hydrogens (tertiary/aromatic N) is 1. The van der Waals surface area contributed by atoms with Gasteiger partial charge in [0.2, 0.25) is 0 Å². The molecule has 0 bridgehead atoms. The second-order valence-corrected chi connectivity index (χ2v) is 4.72. The van der Waals surface area contributed by atoms with Crippen LogP contribution in [0.2, 0.25) is 0 Å². The number of aromatic nitrogens is 1. The number of oxazole rings is 1. The second kappa shape index (κ2) is 6.78. The van der Waals surface area contributed by atoms with E-state index in [9.17, 15) is 4.79 Å². The molecule has 1 N–H and O–H groups in total. The number of benzene rings is 1. The van der Waals surface area contributed by atoms with Crippen molar-refractivity contribution in [3.63, 3.8) is 0 Å². The Labute approximate surface area is 123 Å². The van der Waals surface area contributed by atoms with Gasteiger partial charge in [-0.2, -0.15) is 0 Å². The van der Waals surface area contributed by atoms with Crippen LogP contribution in [-0.4, -0.2) is 18.2 Å². The molecular weight excluding hydrogens is 272 g/mol. The van der Waals surface area contributed by atoms with Crippen LogP contribution in [0.5, 0.6) is 5.75 Å². The minimum absolute atomic E-state index is 0.231. The number of nitrogens with one attached hydrogen (secondary N) is 1. The van der Waals surface area contributed by atoms with Gasteiger partial charge in [0.25, 0.3) is 0 Å². The van der Waals surface area contributed by atoms with Crippen molar-refractivity contribution in [3.8, 4) is 5.75 Å². The highest BCUT2D eigenvalue weighted by atomic mass is 16.5. The molecule has 0 radical (unpaired) electrons. The molecule has 0 aliphatic rings. The smallest absolute Gasteiger partial charge is 0.411 e. The van der Waals surface area contributed by atoms with E-state index in [1.165, 1.54) is 13.5 Å². The summed E-state index contributed by atoms with van der Waals surface area (Å²) in [5, 5.41) is 2.60. The number of anilines is 1. The number of rotatable bonds is 5. The van der Waals surface area contributed by atoms with E-state index in [1.807, 2.05) is 19.9 Å². The van der Waals surface area contributed by atoms with Crippen LogP contribution in [0.1, 0.15) is 31.2 Å². The van der Waals surface area contributed by atoms with E-state index < -0.39 is 6.09 Å². The molecule has 0 saturated heterocycles. The maximum Gasteiger partial charge on any atom is 0.411 e. The minimum Gasteiger partial charge on any atom is -0.485 e. The number of ether oxygens (including phenoxy) is 2. The van der Waals surface area contributed by atoms with Crippen molar-refractivity contribution in [2.24, 2.45) is 0 Å². The van der Waals surface area contributed by atoms with Crippen LogP contribution in [0.25, 0.3) is 0 Å². The van der Waals surface area contributed by atoms with Crippen molar-refractivity contribution >= 4 is 11.8 Å². The standard InChI is InChI=1S/C15H18N2O4/c1-10(2)14-12(16-9-21-14)8-20-13-7-5-4-6-11(13)17-15(18)19-3/h4-7,9-10H,8H2,1-3H3,(H,17,18). The lowest BCUT2D eigenvalue weighted by Gasteiger charge is -2.11. The monoisotopic (exact) mass is 290 g/mol. The Morgan fingerprint density at radius 2 is 2.14 bits per heavy atom. The number of methoxy groups -OCH3 is 1. The average Bonchev–Trinajstić information content (AvgIpc) is 2.95. The highest BCUT2D eigenvalue weighted by Crippen LogP contribution is 2.26.